The van der Waals surface area contributed by atoms with Gasteiger partial charge in [0, 0.05) is 17.8 Å². The number of hydrogen-bond acceptors (Lipinski definition) is 5. The number of likely N-dealkylation sites (tertiary alicyclic amines) is 1. The van der Waals surface area contributed by atoms with E-state index in [9.17, 15) is 14.4 Å². The number of anilines is 1. The summed E-state index contributed by atoms with van der Waals surface area (Å²) >= 11 is 0. The van der Waals surface area contributed by atoms with E-state index >= 15 is 0 Å². The van der Waals surface area contributed by atoms with E-state index in [1.165, 1.54) is 12.8 Å². The fourth-order valence-electron chi connectivity index (χ4n) is 7.74. The Bertz CT molecular complexity index is 1110. The zero-order valence-corrected chi connectivity index (χ0v) is 22.9. The molecule has 2 saturated carbocycles. The Kier molecular flexibility index (Phi) is 7.40. The fourth-order valence-corrected chi connectivity index (χ4v) is 7.74. The third-order valence-electron chi connectivity index (χ3n) is 9.64. The van der Waals surface area contributed by atoms with Gasteiger partial charge >= 0.3 is 0 Å². The molecule has 2 saturated heterocycles. The van der Waals surface area contributed by atoms with Crippen LogP contribution in [0.25, 0.3) is 0 Å². The van der Waals surface area contributed by atoms with Gasteiger partial charge in [-0.05, 0) is 49.9 Å². The molecule has 3 heterocycles. The molecule has 5 atom stereocenters. The van der Waals surface area contributed by atoms with Crippen molar-refractivity contribution in [2.24, 2.45) is 11.8 Å². The number of nitrogens with one attached hydrogen (secondary N) is 2. The Morgan fingerprint density at radius 2 is 1.56 bits per heavy atom. The van der Waals surface area contributed by atoms with Crippen molar-refractivity contribution in [3.8, 4) is 5.75 Å². The van der Waals surface area contributed by atoms with E-state index in [2.05, 4.69) is 10.6 Å². The van der Waals surface area contributed by atoms with E-state index in [1.807, 2.05) is 17.1 Å². The van der Waals surface area contributed by atoms with E-state index in [4.69, 9.17) is 9.47 Å². The van der Waals surface area contributed by atoms with E-state index in [0.717, 1.165) is 64.2 Å². The first-order chi connectivity index (χ1) is 19.0. The summed E-state index contributed by atoms with van der Waals surface area (Å²) in [6.07, 6.45) is 16.0. The molecule has 2 N–H and O–H groups in total. The van der Waals surface area contributed by atoms with E-state index in [-0.39, 0.29) is 29.8 Å². The molecule has 2 aliphatic carbocycles. The summed E-state index contributed by atoms with van der Waals surface area (Å²) in [5.41, 5.74) is -0.472. The summed E-state index contributed by atoms with van der Waals surface area (Å²) in [5.74, 6) is -1.18. The third-order valence-corrected chi connectivity index (χ3v) is 9.64. The van der Waals surface area contributed by atoms with Crippen molar-refractivity contribution in [1.82, 2.24) is 10.2 Å². The van der Waals surface area contributed by atoms with Crippen LogP contribution in [0.2, 0.25) is 0 Å². The lowest BCUT2D eigenvalue weighted by molar-refractivity contribution is -0.144. The van der Waals surface area contributed by atoms with Crippen molar-refractivity contribution in [3.63, 3.8) is 0 Å². The Labute approximate surface area is 230 Å². The van der Waals surface area contributed by atoms with Gasteiger partial charge in [0.05, 0.1) is 25.0 Å². The van der Waals surface area contributed by atoms with Crippen LogP contribution >= 0.6 is 0 Å². The lowest BCUT2D eigenvalue weighted by atomic mass is 9.74. The van der Waals surface area contributed by atoms with Gasteiger partial charge in [0.15, 0.2) is 0 Å². The summed E-state index contributed by atoms with van der Waals surface area (Å²) in [6.45, 7) is 0. The summed E-state index contributed by atoms with van der Waals surface area (Å²) in [5, 5.41) is 6.30. The molecular formula is C31H41N3O5. The van der Waals surface area contributed by atoms with Crippen molar-refractivity contribution >= 4 is 23.4 Å². The molecule has 1 spiro atoms. The quantitative estimate of drug-likeness (QED) is 0.528. The first-order valence-electron chi connectivity index (χ1n) is 15.0. The van der Waals surface area contributed by atoms with Gasteiger partial charge in [-0.25, -0.2) is 0 Å². The summed E-state index contributed by atoms with van der Waals surface area (Å²) in [7, 11) is 1.60. The van der Waals surface area contributed by atoms with Crippen molar-refractivity contribution in [3.05, 3.63) is 36.4 Å². The minimum atomic E-state index is -1.11. The number of carbonyl (C=O) groups excluding carboxylic acids is 3. The van der Waals surface area contributed by atoms with Crippen molar-refractivity contribution in [2.45, 2.75) is 107 Å². The maximum absolute atomic E-state index is 14.4. The van der Waals surface area contributed by atoms with Crippen LogP contribution in [0.15, 0.2) is 36.4 Å². The Hall–Kier alpha value is -2.87. The molecule has 4 fully saturated rings. The number of nitrogens with zero attached hydrogens (tertiary/aromatic N) is 1. The number of amides is 3. The van der Waals surface area contributed by atoms with Crippen molar-refractivity contribution in [2.75, 3.05) is 12.4 Å². The largest absolute Gasteiger partial charge is 0.497 e. The number of rotatable bonds is 6. The van der Waals surface area contributed by atoms with Crippen LogP contribution in [0, 0.1) is 11.8 Å². The molecule has 1 aromatic carbocycles. The van der Waals surface area contributed by atoms with Gasteiger partial charge in [0.1, 0.15) is 17.4 Å². The molecular weight excluding hydrogens is 494 g/mol. The molecule has 5 unspecified atom stereocenters. The molecule has 0 aromatic heterocycles. The van der Waals surface area contributed by atoms with Crippen LogP contribution in [-0.2, 0) is 19.1 Å². The van der Waals surface area contributed by atoms with Gasteiger partial charge in [-0.15, -0.1) is 0 Å². The number of methoxy groups -OCH3 is 1. The lowest BCUT2D eigenvalue weighted by Gasteiger charge is -2.38. The molecule has 3 aliphatic heterocycles. The van der Waals surface area contributed by atoms with E-state index in [0.29, 0.717) is 11.4 Å². The second-order valence-corrected chi connectivity index (χ2v) is 12.0. The normalized spacial score (nSPS) is 32.9. The van der Waals surface area contributed by atoms with Gasteiger partial charge in [0.25, 0.3) is 0 Å². The number of benzene rings is 1. The first kappa shape index (κ1) is 26.4. The van der Waals surface area contributed by atoms with Crippen LogP contribution in [0.4, 0.5) is 5.69 Å². The third kappa shape index (κ3) is 4.75. The summed E-state index contributed by atoms with van der Waals surface area (Å²) < 4.78 is 11.8. The van der Waals surface area contributed by atoms with Gasteiger partial charge in [-0.2, -0.15) is 0 Å². The number of hydrogen-bond donors (Lipinski definition) is 2. The molecule has 39 heavy (non-hydrogen) atoms. The molecule has 6 rings (SSSR count). The average molecular weight is 536 g/mol. The smallest absolute Gasteiger partial charge is 0.246 e. The zero-order valence-electron chi connectivity index (χ0n) is 22.9. The Balaban J connectivity index is 1.30. The van der Waals surface area contributed by atoms with Gasteiger partial charge < -0.3 is 25.0 Å². The maximum atomic E-state index is 14.4. The predicted octanol–water partition coefficient (Wildman–Crippen LogP) is 4.35. The molecule has 2 bridgehead atoms. The van der Waals surface area contributed by atoms with Crippen LogP contribution in [-0.4, -0.2) is 59.6 Å². The molecule has 1 aromatic rings. The van der Waals surface area contributed by atoms with Crippen LogP contribution < -0.4 is 15.4 Å². The van der Waals surface area contributed by atoms with Gasteiger partial charge in [0.2, 0.25) is 17.7 Å². The van der Waals surface area contributed by atoms with E-state index < -0.39 is 29.6 Å². The van der Waals surface area contributed by atoms with E-state index in [1.54, 1.807) is 31.4 Å². The second kappa shape index (κ2) is 11.0. The monoisotopic (exact) mass is 535 g/mol. The van der Waals surface area contributed by atoms with Gasteiger partial charge in [-0.3, -0.25) is 14.4 Å². The van der Waals surface area contributed by atoms with Gasteiger partial charge in [-0.1, -0.05) is 63.5 Å². The molecule has 8 nitrogen and oxygen atoms in total. The number of fused-ring (bicyclic) bond motifs is 1. The zero-order chi connectivity index (χ0) is 27.0. The van der Waals surface area contributed by atoms with Crippen LogP contribution in [0.3, 0.4) is 0 Å². The first-order valence-corrected chi connectivity index (χ1v) is 15.0. The van der Waals surface area contributed by atoms with Crippen molar-refractivity contribution < 1.29 is 23.9 Å². The van der Waals surface area contributed by atoms with Crippen LogP contribution in [0.5, 0.6) is 5.75 Å². The molecule has 8 heteroatoms. The highest BCUT2D eigenvalue weighted by molar-refractivity contribution is 6.03. The minimum Gasteiger partial charge on any atom is -0.497 e. The Morgan fingerprint density at radius 1 is 0.923 bits per heavy atom. The molecule has 5 aliphatic rings. The summed E-state index contributed by atoms with van der Waals surface area (Å²) in [4.78, 5) is 44.0. The SMILES string of the molecule is COc1ccc(NC(=O)C2C3C=CC4(O3)C2C(=O)N(C2CCCCCCC2)C4C(=O)NC2CCCCC2)cc1. The minimum absolute atomic E-state index is 0.0127. The van der Waals surface area contributed by atoms with Crippen molar-refractivity contribution in [1.29, 1.82) is 0 Å². The fraction of sp³-hybridized carbons (Fsp3) is 0.645. The average Bonchev–Trinajstić information content (AvgIpc) is 3.57. The highest BCUT2D eigenvalue weighted by Crippen LogP contribution is 2.56. The maximum Gasteiger partial charge on any atom is 0.246 e. The standard InChI is InChI=1S/C31H41N3O5/c1-38-23-16-14-21(15-17-23)32-28(35)25-24-18-19-31(39-24)26(25)30(37)34(22-12-8-3-2-4-9-13-22)27(31)29(36)33-20-10-6-5-7-11-20/h14-20,22,24-27H,2-13H2,1H3,(H,32,35)(H,33,36). The summed E-state index contributed by atoms with van der Waals surface area (Å²) in [6, 6.07) is 6.52. The van der Waals surface area contributed by atoms with Crippen LogP contribution in [0.1, 0.15) is 77.0 Å². The molecule has 210 valence electrons. The molecule has 0 radical (unpaired) electrons. The topological polar surface area (TPSA) is 97.0 Å². The number of ether oxygens (including phenoxy) is 2. The lowest BCUT2D eigenvalue weighted by Crippen LogP contribution is -2.58. The number of carbonyl (C=O) groups is 3. The predicted molar refractivity (Wildman–Crippen MR) is 147 cm³/mol. The molecule has 3 amide bonds. The highest BCUT2D eigenvalue weighted by atomic mass is 16.5. The Morgan fingerprint density at radius 3 is 2.26 bits per heavy atom. The second-order valence-electron chi connectivity index (χ2n) is 12.0. The highest BCUT2D eigenvalue weighted by Gasteiger charge is 2.73.